The largest absolute Gasteiger partial charge is 0.481 e. The van der Waals surface area contributed by atoms with Crippen LogP contribution < -0.4 is 5.73 Å². The highest BCUT2D eigenvalue weighted by atomic mass is 32.1. The molecule has 0 aromatic rings. The molecular weight excluding hydrogens is 346 g/mol. The highest BCUT2D eigenvalue weighted by molar-refractivity contribution is 7.59. The Morgan fingerprint density at radius 1 is 0.875 bits per heavy atom. The molecule has 1 atom stereocenters. The number of Topliss-reactive ketones (excluding diaryl/α,β-unsaturated/α-hetero) is 2. The summed E-state index contributed by atoms with van der Waals surface area (Å²) in [5.41, 5.74) is 4.89. The summed E-state index contributed by atoms with van der Waals surface area (Å²) in [6.45, 7) is 15.1. The van der Waals surface area contributed by atoms with E-state index in [1.54, 1.807) is 20.8 Å². The zero-order chi connectivity index (χ0) is 18.3. The lowest BCUT2D eigenvalue weighted by Crippen LogP contribution is -2.39. The van der Waals surface area contributed by atoms with Gasteiger partial charge in [-0.05, 0) is 6.42 Å². The number of carboxylic acid groups (broad SMARTS) is 1. The van der Waals surface area contributed by atoms with Gasteiger partial charge in [0.2, 0.25) is 0 Å². The Morgan fingerprint density at radius 3 is 1.38 bits per heavy atom. The van der Waals surface area contributed by atoms with Crippen molar-refractivity contribution in [3.05, 3.63) is 0 Å². The molecule has 0 aliphatic carbocycles. The minimum absolute atomic E-state index is 0. The van der Waals surface area contributed by atoms with Crippen LogP contribution in [-0.4, -0.2) is 28.7 Å². The average molecular weight is 384 g/mol. The molecule has 7 heteroatoms. The van der Waals surface area contributed by atoms with E-state index in [0.717, 1.165) is 0 Å². The van der Waals surface area contributed by atoms with Crippen molar-refractivity contribution in [1.29, 1.82) is 0 Å². The van der Waals surface area contributed by atoms with E-state index in [1.165, 1.54) is 0 Å². The maximum Gasteiger partial charge on any atom is 0.303 e. The highest BCUT2D eigenvalue weighted by Crippen LogP contribution is 2.19. The van der Waals surface area contributed by atoms with E-state index in [9.17, 15) is 14.4 Å². The molecule has 0 radical (unpaired) electrons. The molecule has 24 heavy (non-hydrogen) atoms. The van der Waals surface area contributed by atoms with Crippen LogP contribution in [0.2, 0.25) is 0 Å². The van der Waals surface area contributed by atoms with Gasteiger partial charge in [-0.15, -0.1) is 0 Å². The van der Waals surface area contributed by atoms with Crippen molar-refractivity contribution in [1.82, 2.24) is 0 Å². The molecule has 5 nitrogen and oxygen atoms in total. The van der Waals surface area contributed by atoms with Crippen LogP contribution >= 0.6 is 27.0 Å². The zero-order valence-corrected chi connectivity index (χ0v) is 18.3. The Labute approximate surface area is 161 Å². The molecule has 0 saturated heterocycles. The summed E-state index contributed by atoms with van der Waals surface area (Å²) in [7, 11) is 0. The highest BCUT2D eigenvalue weighted by Gasteiger charge is 2.27. The van der Waals surface area contributed by atoms with Gasteiger partial charge in [-0.3, -0.25) is 14.4 Å². The minimum atomic E-state index is -0.919. The number of carbonyl (C=O) groups is 3. The summed E-state index contributed by atoms with van der Waals surface area (Å²) in [4.78, 5) is 32.8. The van der Waals surface area contributed by atoms with Crippen LogP contribution in [0.15, 0.2) is 0 Å². The van der Waals surface area contributed by atoms with Gasteiger partial charge in [0.1, 0.15) is 5.78 Å². The molecule has 0 fully saturated rings. The summed E-state index contributed by atoms with van der Waals surface area (Å²) in [6.07, 6.45) is 0.161. The van der Waals surface area contributed by atoms with Crippen LogP contribution in [0.1, 0.15) is 68.2 Å². The molecule has 0 aromatic heterocycles. The first kappa shape index (κ1) is 31.3. The van der Waals surface area contributed by atoms with Gasteiger partial charge in [-0.1, -0.05) is 55.4 Å². The molecule has 3 N–H and O–H groups in total. The lowest BCUT2D eigenvalue weighted by Gasteiger charge is -2.21. The Kier molecular flexibility index (Phi) is 16.6. The third-order valence-electron chi connectivity index (χ3n) is 3.01. The van der Waals surface area contributed by atoms with Gasteiger partial charge in [0.25, 0.3) is 0 Å². The van der Waals surface area contributed by atoms with Gasteiger partial charge in [0.15, 0.2) is 5.78 Å². The van der Waals surface area contributed by atoms with Gasteiger partial charge in [0, 0.05) is 23.2 Å². The van der Waals surface area contributed by atoms with Crippen molar-refractivity contribution >= 4 is 44.5 Å². The fourth-order valence-electron chi connectivity index (χ4n) is 1.83. The smallest absolute Gasteiger partial charge is 0.303 e. The molecule has 0 rings (SSSR count). The number of carboxylic acids is 1. The van der Waals surface area contributed by atoms with Crippen LogP contribution in [0.5, 0.6) is 0 Å². The SMILES string of the molecule is CC(C)(C)C(=O)[C@@H](N)CCC(=O)O.CC(C)C(=O)C(C)(C)C.S.S. The number of ketones is 2. The van der Waals surface area contributed by atoms with E-state index >= 15 is 0 Å². The second kappa shape index (κ2) is 12.8. The number of rotatable bonds is 5. The molecule has 0 spiro atoms. The first-order valence-corrected chi connectivity index (χ1v) is 7.66. The number of carbonyl (C=O) groups excluding carboxylic acids is 2. The molecule has 0 aliphatic heterocycles. The quantitative estimate of drug-likeness (QED) is 0.759. The summed E-state index contributed by atoms with van der Waals surface area (Å²) in [5, 5.41) is 8.38. The molecular formula is C17H37NO4S2. The van der Waals surface area contributed by atoms with Gasteiger partial charge in [-0.25, -0.2) is 0 Å². The van der Waals surface area contributed by atoms with E-state index in [-0.39, 0.29) is 56.9 Å². The van der Waals surface area contributed by atoms with Crippen molar-refractivity contribution < 1.29 is 19.5 Å². The lowest BCUT2D eigenvalue weighted by molar-refractivity contribution is -0.137. The Hall–Kier alpha value is -0.530. The molecule has 0 aliphatic rings. The average Bonchev–Trinajstić information content (AvgIpc) is 2.32. The molecule has 0 amide bonds. The number of aliphatic carboxylic acids is 1. The number of nitrogens with two attached hydrogens (primary N) is 1. The second-order valence-electron chi connectivity index (χ2n) is 7.92. The van der Waals surface area contributed by atoms with Gasteiger partial charge in [-0.2, -0.15) is 27.0 Å². The first-order chi connectivity index (χ1) is 9.60. The van der Waals surface area contributed by atoms with E-state index in [0.29, 0.717) is 5.78 Å². The maximum atomic E-state index is 11.5. The Morgan fingerprint density at radius 2 is 1.21 bits per heavy atom. The molecule has 146 valence electrons. The van der Waals surface area contributed by atoms with Gasteiger partial charge < -0.3 is 10.8 Å². The summed E-state index contributed by atoms with van der Waals surface area (Å²) >= 11 is 0. The molecule has 0 unspecified atom stereocenters. The normalized spacial score (nSPS) is 12.1. The predicted molar refractivity (Wildman–Crippen MR) is 109 cm³/mol. The number of hydrogen-bond acceptors (Lipinski definition) is 4. The summed E-state index contributed by atoms with van der Waals surface area (Å²) in [5.74, 6) is -0.501. The second-order valence-corrected chi connectivity index (χ2v) is 7.92. The lowest BCUT2D eigenvalue weighted by atomic mass is 9.85. The molecule has 0 bridgehead atoms. The van der Waals surface area contributed by atoms with Crippen LogP contribution in [0.25, 0.3) is 0 Å². The first-order valence-electron chi connectivity index (χ1n) is 7.66. The van der Waals surface area contributed by atoms with Crippen LogP contribution in [0.3, 0.4) is 0 Å². The van der Waals surface area contributed by atoms with Gasteiger partial charge in [0.05, 0.1) is 6.04 Å². The molecule has 0 saturated carbocycles. The van der Waals surface area contributed by atoms with Crippen LogP contribution in [-0.2, 0) is 14.4 Å². The zero-order valence-electron chi connectivity index (χ0n) is 16.3. The third-order valence-corrected chi connectivity index (χ3v) is 3.01. The van der Waals surface area contributed by atoms with Crippen molar-refractivity contribution in [2.24, 2.45) is 22.5 Å². The molecule has 0 heterocycles. The fourth-order valence-corrected chi connectivity index (χ4v) is 1.83. The van der Waals surface area contributed by atoms with Crippen molar-refractivity contribution in [2.75, 3.05) is 0 Å². The van der Waals surface area contributed by atoms with Crippen LogP contribution in [0, 0.1) is 16.7 Å². The maximum absolute atomic E-state index is 11.5. The third kappa shape index (κ3) is 15.0. The van der Waals surface area contributed by atoms with E-state index in [4.69, 9.17) is 10.8 Å². The number of hydrogen-bond donors (Lipinski definition) is 2. The summed E-state index contributed by atoms with van der Waals surface area (Å²) in [6, 6.07) is -0.656. The fraction of sp³-hybridized carbons (Fsp3) is 0.824. The van der Waals surface area contributed by atoms with Gasteiger partial charge >= 0.3 is 5.97 Å². The van der Waals surface area contributed by atoms with Crippen molar-refractivity contribution in [3.8, 4) is 0 Å². The minimum Gasteiger partial charge on any atom is -0.481 e. The molecule has 0 aromatic carbocycles. The summed E-state index contributed by atoms with van der Waals surface area (Å²) < 4.78 is 0. The Bertz CT molecular complexity index is 396. The van der Waals surface area contributed by atoms with E-state index in [1.807, 2.05) is 34.6 Å². The van der Waals surface area contributed by atoms with Crippen molar-refractivity contribution in [2.45, 2.75) is 74.3 Å². The standard InChI is InChI=1S/C9H17NO3.C8H16O.2H2S/c1-9(2,3)8(13)6(10)4-5-7(11)12;1-6(2)7(9)8(3,4)5;;/h6H,4-5,10H2,1-3H3,(H,11,12);6H,1-5H3;2*1H2/t6-;;;/m0.../s1. The Balaban J connectivity index is -0.000000162. The monoisotopic (exact) mass is 383 g/mol. The predicted octanol–water partition coefficient (Wildman–Crippen LogP) is 3.28. The van der Waals surface area contributed by atoms with Crippen LogP contribution in [0.4, 0.5) is 0 Å². The topological polar surface area (TPSA) is 97.5 Å². The van der Waals surface area contributed by atoms with Crippen molar-refractivity contribution in [3.63, 3.8) is 0 Å². The van der Waals surface area contributed by atoms with E-state index < -0.39 is 17.4 Å². The van der Waals surface area contributed by atoms with E-state index in [2.05, 4.69) is 0 Å².